The van der Waals surface area contributed by atoms with E-state index < -0.39 is 0 Å². The fraction of sp³-hybridized carbons (Fsp3) is 0. The van der Waals surface area contributed by atoms with Gasteiger partial charge in [-0.3, -0.25) is 0 Å². The second-order valence-electron chi connectivity index (χ2n) is 0. The van der Waals surface area contributed by atoms with Crippen molar-refractivity contribution >= 4 is 0 Å². The molecule has 0 aromatic rings. The maximum atomic E-state index is 0. The van der Waals surface area contributed by atoms with Crippen LogP contribution in [0.1, 0.15) is 0 Å². The molecule has 76 valence electrons. The first kappa shape index (κ1) is 172. The Balaban J connectivity index is 0. The van der Waals surface area contributed by atoms with Gasteiger partial charge in [-0.2, -0.15) is 0 Å². The summed E-state index contributed by atoms with van der Waals surface area (Å²) in [6, 6.07) is 0. The Kier molecular flexibility index (Phi) is 1820. The van der Waals surface area contributed by atoms with E-state index in [1.165, 1.54) is 0 Å². The van der Waals surface area contributed by atoms with Crippen LogP contribution in [0.3, 0.4) is 0 Å². The third-order valence-corrected chi connectivity index (χ3v) is 0. The molecular formula is K3NaO8W2-12. The van der Waals surface area contributed by atoms with Crippen molar-refractivity contribution in [3.05, 3.63) is 0 Å². The molecule has 14 heavy (non-hydrogen) atoms. The van der Waals surface area contributed by atoms with Gasteiger partial charge in [0, 0.05) is 42.1 Å². The van der Waals surface area contributed by atoms with Crippen LogP contribution < -0.4 is 184 Å². The maximum Gasteiger partial charge on any atom is 1.00 e. The molecule has 0 bridgehead atoms. The van der Waals surface area contributed by atoms with Crippen LogP contribution >= 0.6 is 0 Å². The van der Waals surface area contributed by atoms with Crippen molar-refractivity contribution in [3.8, 4) is 0 Å². The van der Waals surface area contributed by atoms with Gasteiger partial charge in [0.15, 0.2) is 0 Å². The molecule has 0 saturated heterocycles. The summed E-state index contributed by atoms with van der Waals surface area (Å²) in [6.45, 7) is 0. The largest absolute Gasteiger partial charge is 2.00 e. The molecule has 0 aromatic heterocycles. The molecule has 0 fully saturated rings. The number of hydrogen-bond donors (Lipinski definition) is 0. The first-order chi connectivity index (χ1) is 0. The van der Waals surface area contributed by atoms with E-state index in [1.807, 2.05) is 0 Å². The Morgan fingerprint density at radius 1 is 0.286 bits per heavy atom. The average molecular weight is 636 g/mol. The van der Waals surface area contributed by atoms with Crippen LogP contribution in [0.15, 0.2) is 0 Å². The van der Waals surface area contributed by atoms with Crippen molar-refractivity contribution in [1.82, 2.24) is 0 Å². The van der Waals surface area contributed by atoms with Crippen molar-refractivity contribution in [2.24, 2.45) is 0 Å². The molecule has 0 aliphatic carbocycles. The Hall–Kier alpha value is 6.97. The Bertz CT molecular complexity index is 22.5. The van der Waals surface area contributed by atoms with Gasteiger partial charge >= 0.3 is 184 Å². The second-order valence-corrected chi connectivity index (χ2v) is 0. The summed E-state index contributed by atoms with van der Waals surface area (Å²) >= 11 is 0. The molecule has 0 rings (SSSR count). The number of rotatable bonds is 0. The average Bonchev–Trinajstić information content (AvgIpc) is 0. The SMILES string of the molecule is [K+].[K+].[K+].[Na+].[O-2].[O-2].[O-2].[O-2].[O-2].[O-2].[O-2].[O-2].[W].[W]. The molecule has 0 atom stereocenters. The minimum absolute atomic E-state index is 0. The van der Waals surface area contributed by atoms with Gasteiger partial charge in [0.25, 0.3) is 0 Å². The van der Waals surface area contributed by atoms with E-state index in [1.54, 1.807) is 0 Å². The molecule has 0 aliphatic heterocycles. The second kappa shape index (κ2) is 148. The van der Waals surface area contributed by atoms with Gasteiger partial charge in [-0.15, -0.1) is 0 Å². The predicted molar refractivity (Wildman–Crippen MR) is 5.49 cm³/mol. The van der Waals surface area contributed by atoms with Crippen molar-refractivity contribution in [1.29, 1.82) is 0 Å². The fourth-order valence-corrected chi connectivity index (χ4v) is 0. The van der Waals surface area contributed by atoms with Crippen molar-refractivity contribution < 1.29 is 270 Å². The normalized spacial score (nSPS) is 0. The third-order valence-electron chi connectivity index (χ3n) is 0. The van der Waals surface area contributed by atoms with Crippen LogP contribution in [0.25, 0.3) is 0 Å². The molecular weight excluding hydrogens is 636 g/mol. The standard InChI is InChI=1S/3K.Na.8O.2W/q4*+1;8*-2;;. The van der Waals surface area contributed by atoms with Crippen LogP contribution in [-0.4, -0.2) is 0 Å². The predicted octanol–water partition coefficient (Wildman–Crippen LogP) is -12.9. The Morgan fingerprint density at radius 3 is 0.286 bits per heavy atom. The summed E-state index contributed by atoms with van der Waals surface area (Å²) in [4.78, 5) is 0. The zero-order chi connectivity index (χ0) is 0. The van der Waals surface area contributed by atoms with Crippen LogP contribution in [0.2, 0.25) is 0 Å². The van der Waals surface area contributed by atoms with E-state index in [4.69, 9.17) is 0 Å². The van der Waals surface area contributed by atoms with Crippen molar-refractivity contribution in [2.45, 2.75) is 0 Å². The summed E-state index contributed by atoms with van der Waals surface area (Å²) < 4.78 is 0. The smallest absolute Gasteiger partial charge is 1.00 e. The van der Waals surface area contributed by atoms with Crippen LogP contribution in [0.4, 0.5) is 0 Å². The van der Waals surface area contributed by atoms with Gasteiger partial charge in [-0.1, -0.05) is 0 Å². The Labute approximate surface area is 261 Å². The molecule has 0 spiro atoms. The molecule has 14 heteroatoms. The zero-order valence-corrected chi connectivity index (χ0v) is 25.3. The first-order valence-electron chi connectivity index (χ1n) is 0. The van der Waals surface area contributed by atoms with E-state index >= 15 is 0 Å². The molecule has 0 aromatic carbocycles. The summed E-state index contributed by atoms with van der Waals surface area (Å²) in [7, 11) is 0. The topological polar surface area (TPSA) is 228 Å². The molecule has 8 nitrogen and oxygen atoms in total. The van der Waals surface area contributed by atoms with Crippen molar-refractivity contribution in [3.63, 3.8) is 0 Å². The summed E-state index contributed by atoms with van der Waals surface area (Å²) in [5, 5.41) is 0. The van der Waals surface area contributed by atoms with Gasteiger partial charge in [0.05, 0.1) is 0 Å². The maximum absolute atomic E-state index is 0. The first-order valence-corrected chi connectivity index (χ1v) is 0. The monoisotopic (exact) mass is 636 g/mol. The van der Waals surface area contributed by atoms with Crippen LogP contribution in [-0.2, 0) is 85.9 Å². The van der Waals surface area contributed by atoms with E-state index in [9.17, 15) is 0 Å². The number of hydrogen-bond acceptors (Lipinski definition) is 0. The molecule has 0 saturated carbocycles. The van der Waals surface area contributed by atoms with Crippen LogP contribution in [0.5, 0.6) is 0 Å². The van der Waals surface area contributed by atoms with Gasteiger partial charge in [0.2, 0.25) is 0 Å². The fourth-order valence-electron chi connectivity index (χ4n) is 0. The van der Waals surface area contributed by atoms with E-state index in [2.05, 4.69) is 0 Å². The van der Waals surface area contributed by atoms with Crippen molar-refractivity contribution in [2.75, 3.05) is 0 Å². The van der Waals surface area contributed by atoms with Gasteiger partial charge in [0.1, 0.15) is 0 Å². The molecule has 0 N–H and O–H groups in total. The van der Waals surface area contributed by atoms with Crippen LogP contribution in [0, 0.1) is 0 Å². The minimum atomic E-state index is 0. The third kappa shape index (κ3) is 126. The molecule has 0 heterocycles. The summed E-state index contributed by atoms with van der Waals surface area (Å²) in [6.07, 6.45) is 0. The summed E-state index contributed by atoms with van der Waals surface area (Å²) in [5.74, 6) is 0. The molecule has 0 amide bonds. The van der Waals surface area contributed by atoms with E-state index in [0.717, 1.165) is 0 Å². The summed E-state index contributed by atoms with van der Waals surface area (Å²) in [5.41, 5.74) is 0. The van der Waals surface area contributed by atoms with Gasteiger partial charge in [-0.05, 0) is 0 Å². The minimum Gasteiger partial charge on any atom is -2.00 e. The quantitative estimate of drug-likeness (QED) is 0.226. The zero-order valence-electron chi connectivity index (χ0n) is 8.08. The van der Waals surface area contributed by atoms with Gasteiger partial charge < -0.3 is 43.8 Å². The molecule has 0 radical (unpaired) electrons. The Morgan fingerprint density at radius 2 is 0.286 bits per heavy atom. The van der Waals surface area contributed by atoms with E-state index in [0.29, 0.717) is 0 Å². The van der Waals surface area contributed by atoms with Gasteiger partial charge in [-0.25, -0.2) is 0 Å². The van der Waals surface area contributed by atoms with E-state index in [-0.39, 0.29) is 270 Å². The molecule has 0 unspecified atom stereocenters. The molecule has 0 aliphatic rings.